The van der Waals surface area contributed by atoms with Crippen LogP contribution in [0.4, 0.5) is 4.39 Å². The average Bonchev–Trinajstić information content (AvgIpc) is 3.48. The Balaban J connectivity index is 1.26. The third-order valence-corrected chi connectivity index (χ3v) is 7.04. The SMILES string of the molecule is Cn1cnc(-c2cc3nccc(Oc4ccc(CC(=S)CC(=O)Cc5ccccc5)cc4F)c3s2)c1. The molecule has 3 aromatic heterocycles. The van der Waals surface area contributed by atoms with Crippen molar-refractivity contribution < 1.29 is 13.9 Å². The van der Waals surface area contributed by atoms with E-state index in [2.05, 4.69) is 9.97 Å². The van der Waals surface area contributed by atoms with Crippen LogP contribution in [0.5, 0.6) is 11.5 Å². The van der Waals surface area contributed by atoms with Gasteiger partial charge in [-0.1, -0.05) is 48.6 Å². The molecule has 0 bridgehead atoms. The number of thiophene rings is 1. The third-order valence-electron chi connectivity index (χ3n) is 5.59. The molecule has 0 amide bonds. The second-order valence-corrected chi connectivity index (χ2v) is 10.1. The van der Waals surface area contributed by atoms with E-state index < -0.39 is 5.82 Å². The Morgan fingerprint density at radius 3 is 2.61 bits per heavy atom. The number of carbonyl (C=O) groups is 1. The average molecular weight is 516 g/mol. The van der Waals surface area contributed by atoms with Crippen LogP contribution in [0.25, 0.3) is 20.8 Å². The highest BCUT2D eigenvalue weighted by atomic mass is 32.1. The second kappa shape index (κ2) is 10.5. The predicted octanol–water partition coefficient (Wildman–Crippen LogP) is 6.74. The van der Waals surface area contributed by atoms with Crippen molar-refractivity contribution in [2.45, 2.75) is 19.3 Å². The van der Waals surface area contributed by atoms with Gasteiger partial charge < -0.3 is 9.30 Å². The Kier molecular flexibility index (Phi) is 6.97. The summed E-state index contributed by atoms with van der Waals surface area (Å²) in [6.07, 6.45) is 6.20. The number of aromatic nitrogens is 3. The molecule has 0 aliphatic carbocycles. The zero-order valence-electron chi connectivity index (χ0n) is 19.5. The van der Waals surface area contributed by atoms with Crippen LogP contribution in [0.1, 0.15) is 17.5 Å². The van der Waals surface area contributed by atoms with E-state index in [9.17, 15) is 9.18 Å². The minimum Gasteiger partial charge on any atom is -0.453 e. The number of benzene rings is 2. The van der Waals surface area contributed by atoms with Crippen LogP contribution >= 0.6 is 23.6 Å². The molecule has 5 nitrogen and oxygen atoms in total. The molecular weight excluding hydrogens is 493 g/mol. The third kappa shape index (κ3) is 5.56. The quantitative estimate of drug-likeness (QED) is 0.203. The summed E-state index contributed by atoms with van der Waals surface area (Å²) in [4.78, 5) is 22.7. The molecule has 0 saturated heterocycles. The fourth-order valence-corrected chi connectivity index (χ4v) is 5.27. The number of hydrogen-bond acceptors (Lipinski definition) is 6. The molecule has 0 spiro atoms. The van der Waals surface area contributed by atoms with E-state index in [4.69, 9.17) is 17.0 Å². The number of ether oxygens (including phenoxy) is 1. The minimum absolute atomic E-state index is 0.0503. The Morgan fingerprint density at radius 1 is 1.03 bits per heavy atom. The maximum atomic E-state index is 14.9. The molecule has 36 heavy (non-hydrogen) atoms. The number of ketones is 1. The summed E-state index contributed by atoms with van der Waals surface area (Å²) in [6.45, 7) is 0. The van der Waals surface area contributed by atoms with Crippen molar-refractivity contribution in [2.75, 3.05) is 0 Å². The van der Waals surface area contributed by atoms with Gasteiger partial charge in [-0.25, -0.2) is 9.37 Å². The Labute approximate surface area is 217 Å². The smallest absolute Gasteiger partial charge is 0.166 e. The van der Waals surface area contributed by atoms with Crippen LogP contribution in [-0.4, -0.2) is 25.2 Å². The van der Waals surface area contributed by atoms with E-state index in [1.165, 1.54) is 17.4 Å². The zero-order chi connectivity index (χ0) is 25.1. The number of aryl methyl sites for hydroxylation is 1. The number of thiocarbonyl (C=S) groups is 1. The maximum Gasteiger partial charge on any atom is 0.166 e. The summed E-state index contributed by atoms with van der Waals surface area (Å²) in [5.41, 5.74) is 3.27. The van der Waals surface area contributed by atoms with Gasteiger partial charge >= 0.3 is 0 Å². The van der Waals surface area contributed by atoms with Crippen LogP contribution in [0, 0.1) is 5.82 Å². The van der Waals surface area contributed by atoms with Gasteiger partial charge in [-0.2, -0.15) is 0 Å². The molecule has 0 aliphatic rings. The lowest BCUT2D eigenvalue weighted by molar-refractivity contribution is -0.117. The molecule has 8 heteroatoms. The number of pyridine rings is 1. The fraction of sp³-hybridized carbons (Fsp3) is 0.143. The molecule has 5 rings (SSSR count). The van der Waals surface area contributed by atoms with Gasteiger partial charge in [-0.15, -0.1) is 11.3 Å². The van der Waals surface area contributed by atoms with Crippen molar-refractivity contribution in [1.82, 2.24) is 14.5 Å². The van der Waals surface area contributed by atoms with E-state index in [0.717, 1.165) is 26.4 Å². The number of hydrogen-bond donors (Lipinski definition) is 0. The lowest BCUT2D eigenvalue weighted by Gasteiger charge is -2.10. The number of rotatable bonds is 9. The van der Waals surface area contributed by atoms with Crippen molar-refractivity contribution >= 4 is 44.4 Å². The van der Waals surface area contributed by atoms with Crippen LogP contribution in [0.3, 0.4) is 0 Å². The van der Waals surface area contributed by atoms with Crippen molar-refractivity contribution in [3.05, 3.63) is 96.3 Å². The monoisotopic (exact) mass is 515 g/mol. The van der Waals surface area contributed by atoms with E-state index in [0.29, 0.717) is 29.0 Å². The molecule has 0 fully saturated rings. The van der Waals surface area contributed by atoms with E-state index in [1.54, 1.807) is 30.7 Å². The number of halogens is 1. The molecule has 180 valence electrons. The summed E-state index contributed by atoms with van der Waals surface area (Å²) < 4.78 is 23.6. The minimum atomic E-state index is -0.489. The van der Waals surface area contributed by atoms with Gasteiger partial charge in [0.25, 0.3) is 0 Å². The normalized spacial score (nSPS) is 11.1. The Morgan fingerprint density at radius 2 is 1.86 bits per heavy atom. The molecule has 0 radical (unpaired) electrons. The van der Waals surface area contributed by atoms with E-state index in [1.807, 2.05) is 54.2 Å². The summed E-state index contributed by atoms with van der Waals surface area (Å²) in [6, 6.07) is 18.0. The molecule has 5 aromatic rings. The molecule has 0 unspecified atom stereocenters. The molecular formula is C28H22FN3O2S2. The van der Waals surface area contributed by atoms with Gasteiger partial charge in [0.1, 0.15) is 11.5 Å². The van der Waals surface area contributed by atoms with Crippen molar-refractivity contribution in [3.63, 3.8) is 0 Å². The highest BCUT2D eigenvalue weighted by Crippen LogP contribution is 2.39. The molecule has 0 N–H and O–H groups in total. The van der Waals surface area contributed by atoms with Crippen molar-refractivity contribution in [3.8, 4) is 22.1 Å². The Hall–Kier alpha value is -3.75. The predicted molar refractivity (Wildman–Crippen MR) is 144 cm³/mol. The summed E-state index contributed by atoms with van der Waals surface area (Å²) in [5, 5.41) is 0. The summed E-state index contributed by atoms with van der Waals surface area (Å²) >= 11 is 6.92. The number of carbonyl (C=O) groups excluding carboxylic acids is 1. The first kappa shape index (κ1) is 24.0. The summed E-state index contributed by atoms with van der Waals surface area (Å²) in [5.74, 6) is 0.206. The largest absolute Gasteiger partial charge is 0.453 e. The molecule has 2 aromatic carbocycles. The van der Waals surface area contributed by atoms with Crippen molar-refractivity contribution in [1.29, 1.82) is 0 Å². The fourth-order valence-electron chi connectivity index (χ4n) is 3.91. The first-order chi connectivity index (χ1) is 17.4. The summed E-state index contributed by atoms with van der Waals surface area (Å²) in [7, 11) is 1.92. The standard InChI is InChI=1S/C28H22FN3O2S2/c1-32-16-24(31-17-32)27-15-23-28(36-27)26(9-10-30-23)34-25-8-7-19(13-22(25)29)12-21(35)14-20(33)11-18-5-3-2-4-6-18/h2-10,13,15-17H,11-12,14H2,1H3. The van der Waals surface area contributed by atoms with Gasteiger partial charge in [0, 0.05) is 49.6 Å². The lowest BCUT2D eigenvalue weighted by Crippen LogP contribution is -2.11. The van der Waals surface area contributed by atoms with Gasteiger partial charge in [0.15, 0.2) is 11.6 Å². The maximum absolute atomic E-state index is 14.9. The second-order valence-electron chi connectivity index (χ2n) is 8.52. The highest BCUT2D eigenvalue weighted by Gasteiger charge is 2.15. The van der Waals surface area contributed by atoms with Crippen molar-refractivity contribution in [2.24, 2.45) is 7.05 Å². The number of nitrogens with zero attached hydrogens (tertiary/aromatic N) is 3. The van der Waals surface area contributed by atoms with Gasteiger partial charge in [0.05, 0.1) is 27.1 Å². The molecule has 3 heterocycles. The van der Waals surface area contributed by atoms with Gasteiger partial charge in [0.2, 0.25) is 0 Å². The van der Waals surface area contributed by atoms with Crippen LogP contribution in [0.15, 0.2) is 79.4 Å². The number of imidazole rings is 1. The molecule has 0 aliphatic heterocycles. The van der Waals surface area contributed by atoms with Crippen LogP contribution in [0.2, 0.25) is 0 Å². The van der Waals surface area contributed by atoms with Crippen LogP contribution in [-0.2, 0) is 24.7 Å². The van der Waals surface area contributed by atoms with Gasteiger partial charge in [-0.3, -0.25) is 9.78 Å². The van der Waals surface area contributed by atoms with Gasteiger partial charge in [-0.05, 0) is 29.3 Å². The Bertz CT molecular complexity index is 1560. The van der Waals surface area contributed by atoms with Crippen LogP contribution < -0.4 is 4.74 Å². The zero-order valence-corrected chi connectivity index (χ0v) is 21.1. The molecule has 0 atom stereocenters. The lowest BCUT2D eigenvalue weighted by atomic mass is 10.0. The number of fused-ring (bicyclic) bond motifs is 1. The van der Waals surface area contributed by atoms with E-state index >= 15 is 0 Å². The highest BCUT2D eigenvalue weighted by molar-refractivity contribution is 7.80. The molecule has 0 saturated carbocycles. The number of Topliss-reactive ketones (excluding diaryl/α,β-unsaturated/α-hetero) is 1. The topological polar surface area (TPSA) is 57.0 Å². The van der Waals surface area contributed by atoms with E-state index in [-0.39, 0.29) is 18.0 Å². The first-order valence-electron chi connectivity index (χ1n) is 11.3. The first-order valence-corrected chi connectivity index (χ1v) is 12.6.